The third kappa shape index (κ3) is 1.95. The van der Waals surface area contributed by atoms with E-state index in [1.165, 1.54) is 0 Å². The summed E-state index contributed by atoms with van der Waals surface area (Å²) in [5, 5.41) is 39.4. The lowest BCUT2D eigenvalue weighted by Gasteiger charge is -2.52. The van der Waals surface area contributed by atoms with E-state index in [2.05, 4.69) is 25.1 Å². The summed E-state index contributed by atoms with van der Waals surface area (Å²) in [4.78, 5) is 0. The second-order valence-corrected chi connectivity index (χ2v) is 8.48. The van der Waals surface area contributed by atoms with Crippen LogP contribution < -0.4 is 0 Å². The lowest BCUT2D eigenvalue weighted by molar-refractivity contribution is -0.298. The van der Waals surface area contributed by atoms with Crippen molar-refractivity contribution in [2.75, 3.05) is 0 Å². The molecule has 28 heavy (non-hydrogen) atoms. The Kier molecular flexibility index (Phi) is 3.83. The van der Waals surface area contributed by atoms with Crippen LogP contribution in [0.2, 0.25) is 0 Å². The van der Waals surface area contributed by atoms with Crippen LogP contribution in [0.4, 0.5) is 0 Å². The standard InChI is InChI=1S/C22H22N4O2/c1-13-4-5-15(3)16(8-13)18-20(10-23,11-24)21(12-25)17-9-14(2)6-7-22(17,27-18)28-19(21)26/h4-5,8,14,17-18,26H,6-7,9H2,1-3H3. The molecule has 1 aliphatic carbocycles. The van der Waals surface area contributed by atoms with Crippen LogP contribution in [-0.4, -0.2) is 11.7 Å². The van der Waals surface area contributed by atoms with E-state index in [9.17, 15) is 15.8 Å². The highest BCUT2D eigenvalue weighted by Crippen LogP contribution is 2.70. The Bertz CT molecular complexity index is 983. The van der Waals surface area contributed by atoms with Gasteiger partial charge in [-0.2, -0.15) is 15.8 Å². The predicted molar refractivity (Wildman–Crippen MR) is 99.5 cm³/mol. The van der Waals surface area contributed by atoms with E-state index in [-0.39, 0.29) is 5.90 Å². The number of ether oxygens (including phenoxy) is 2. The summed E-state index contributed by atoms with van der Waals surface area (Å²) in [6.45, 7) is 5.92. The first-order valence-electron chi connectivity index (χ1n) is 9.57. The zero-order chi connectivity index (χ0) is 20.3. The molecule has 1 N–H and O–H groups in total. The van der Waals surface area contributed by atoms with Crippen LogP contribution in [0.5, 0.6) is 0 Å². The Morgan fingerprint density at radius 1 is 1.14 bits per heavy atom. The normalized spacial score (nSPS) is 37.7. The Hall–Kier alpha value is -2.88. The number of aryl methyl sites for hydroxylation is 2. The highest BCUT2D eigenvalue weighted by molar-refractivity contribution is 5.89. The molecule has 2 aliphatic heterocycles. The monoisotopic (exact) mass is 374 g/mol. The zero-order valence-corrected chi connectivity index (χ0v) is 16.2. The SMILES string of the molecule is Cc1ccc(C)c(C2OC34CCC(C)CC3C(C#N)(C(=N)O4)C2(C#N)C#N)c1. The van der Waals surface area contributed by atoms with Gasteiger partial charge in [0.2, 0.25) is 17.1 Å². The van der Waals surface area contributed by atoms with Crippen molar-refractivity contribution in [1.29, 1.82) is 21.2 Å². The molecule has 0 radical (unpaired) electrons. The van der Waals surface area contributed by atoms with Crippen molar-refractivity contribution in [3.8, 4) is 18.2 Å². The molecule has 0 spiro atoms. The highest BCUT2D eigenvalue weighted by atomic mass is 16.7. The fourth-order valence-corrected chi connectivity index (χ4v) is 5.35. The summed E-state index contributed by atoms with van der Waals surface area (Å²) in [6, 6.07) is 12.3. The summed E-state index contributed by atoms with van der Waals surface area (Å²) in [6.07, 6.45) is 1.01. The van der Waals surface area contributed by atoms with Gasteiger partial charge in [0.05, 0.1) is 24.1 Å². The van der Waals surface area contributed by atoms with Gasteiger partial charge in [0.25, 0.3) is 0 Å². The van der Waals surface area contributed by atoms with Crippen LogP contribution in [0, 0.1) is 75.9 Å². The van der Waals surface area contributed by atoms with Crippen LogP contribution in [0.25, 0.3) is 0 Å². The number of hydrogen-bond acceptors (Lipinski definition) is 6. The van der Waals surface area contributed by atoms with Gasteiger partial charge in [-0.05, 0) is 43.7 Å². The van der Waals surface area contributed by atoms with Crippen molar-refractivity contribution in [2.24, 2.45) is 22.7 Å². The average Bonchev–Trinajstić information content (AvgIpc) is 2.88. The lowest BCUT2D eigenvalue weighted by Crippen LogP contribution is -2.61. The minimum absolute atomic E-state index is 0.301. The second-order valence-electron chi connectivity index (χ2n) is 8.48. The molecular weight excluding hydrogens is 352 g/mol. The molecule has 2 saturated heterocycles. The first-order valence-corrected chi connectivity index (χ1v) is 9.57. The van der Waals surface area contributed by atoms with E-state index in [4.69, 9.17) is 14.9 Å². The topological polar surface area (TPSA) is 114 Å². The highest BCUT2D eigenvalue weighted by Gasteiger charge is 2.80. The van der Waals surface area contributed by atoms with E-state index in [0.29, 0.717) is 24.3 Å². The maximum Gasteiger partial charge on any atom is 0.217 e. The molecule has 3 fully saturated rings. The molecule has 1 aromatic rings. The minimum atomic E-state index is -1.86. The number of nitrogens with one attached hydrogen (secondary N) is 1. The molecule has 0 amide bonds. The van der Waals surface area contributed by atoms with Gasteiger partial charge >= 0.3 is 0 Å². The van der Waals surface area contributed by atoms with Crippen molar-refractivity contribution in [3.63, 3.8) is 0 Å². The number of rotatable bonds is 1. The zero-order valence-electron chi connectivity index (χ0n) is 16.2. The molecule has 6 heteroatoms. The third-order valence-electron chi connectivity index (χ3n) is 6.89. The van der Waals surface area contributed by atoms with Gasteiger partial charge in [0.15, 0.2) is 5.41 Å². The Morgan fingerprint density at radius 2 is 1.86 bits per heavy atom. The third-order valence-corrected chi connectivity index (χ3v) is 6.89. The molecule has 1 aromatic carbocycles. The molecule has 4 rings (SSSR count). The van der Waals surface area contributed by atoms with Gasteiger partial charge in [0.1, 0.15) is 6.10 Å². The quantitative estimate of drug-likeness (QED) is 0.796. The molecule has 2 heterocycles. The van der Waals surface area contributed by atoms with Gasteiger partial charge in [-0.25, -0.2) is 0 Å². The van der Waals surface area contributed by atoms with E-state index in [1.54, 1.807) is 0 Å². The summed E-state index contributed by atoms with van der Waals surface area (Å²) >= 11 is 0. The van der Waals surface area contributed by atoms with E-state index >= 15 is 0 Å². The molecule has 2 bridgehead atoms. The van der Waals surface area contributed by atoms with E-state index in [1.807, 2.05) is 32.0 Å². The van der Waals surface area contributed by atoms with Crippen molar-refractivity contribution in [1.82, 2.24) is 0 Å². The van der Waals surface area contributed by atoms with Crippen molar-refractivity contribution in [2.45, 2.75) is 51.9 Å². The fraction of sp³-hybridized carbons (Fsp3) is 0.545. The van der Waals surface area contributed by atoms with Gasteiger partial charge in [0, 0.05) is 6.42 Å². The summed E-state index contributed by atoms with van der Waals surface area (Å²) < 4.78 is 12.4. The van der Waals surface area contributed by atoms with Crippen LogP contribution in [0.15, 0.2) is 18.2 Å². The van der Waals surface area contributed by atoms with Crippen molar-refractivity contribution >= 4 is 5.90 Å². The van der Waals surface area contributed by atoms with Gasteiger partial charge in [-0.1, -0.05) is 30.7 Å². The number of nitriles is 3. The smallest absolute Gasteiger partial charge is 0.217 e. The molecule has 0 aromatic heterocycles. The Morgan fingerprint density at radius 3 is 2.50 bits per heavy atom. The summed E-state index contributed by atoms with van der Waals surface area (Å²) in [5.74, 6) is -1.64. The van der Waals surface area contributed by atoms with Gasteiger partial charge < -0.3 is 9.47 Å². The van der Waals surface area contributed by atoms with Crippen LogP contribution in [-0.2, 0) is 9.47 Å². The van der Waals surface area contributed by atoms with Crippen LogP contribution in [0.1, 0.15) is 49.0 Å². The lowest BCUT2D eigenvalue weighted by atomic mass is 9.50. The molecule has 3 aliphatic rings. The molecule has 142 valence electrons. The molecule has 5 atom stereocenters. The van der Waals surface area contributed by atoms with E-state index in [0.717, 1.165) is 17.5 Å². The number of hydrogen-bond donors (Lipinski definition) is 1. The minimum Gasteiger partial charge on any atom is -0.447 e. The van der Waals surface area contributed by atoms with E-state index < -0.39 is 28.6 Å². The van der Waals surface area contributed by atoms with Crippen molar-refractivity contribution in [3.05, 3.63) is 34.9 Å². The molecule has 1 saturated carbocycles. The summed E-state index contributed by atoms with van der Waals surface area (Å²) in [5.41, 5.74) is -0.954. The first kappa shape index (κ1) is 18.5. The largest absolute Gasteiger partial charge is 0.447 e. The predicted octanol–water partition coefficient (Wildman–Crippen LogP) is 4.06. The van der Waals surface area contributed by atoms with Crippen molar-refractivity contribution < 1.29 is 9.47 Å². The molecular formula is C22H22N4O2. The van der Waals surface area contributed by atoms with Gasteiger partial charge in [-0.3, -0.25) is 5.41 Å². The number of benzene rings is 1. The summed E-state index contributed by atoms with van der Waals surface area (Å²) in [7, 11) is 0. The Balaban J connectivity index is 2.03. The maximum atomic E-state index is 10.3. The number of nitrogens with zero attached hydrogens (tertiary/aromatic N) is 3. The average molecular weight is 374 g/mol. The Labute approximate surface area is 164 Å². The van der Waals surface area contributed by atoms with Gasteiger partial charge in [-0.15, -0.1) is 0 Å². The molecule has 6 nitrogen and oxygen atoms in total. The van der Waals surface area contributed by atoms with Crippen LogP contribution in [0.3, 0.4) is 0 Å². The van der Waals surface area contributed by atoms with Crippen LogP contribution >= 0.6 is 0 Å². The first-order chi connectivity index (χ1) is 13.3. The second kappa shape index (κ2) is 5.81. The fourth-order valence-electron chi connectivity index (χ4n) is 5.35. The molecule has 5 unspecified atom stereocenters. The maximum absolute atomic E-state index is 10.3.